The fourth-order valence-corrected chi connectivity index (χ4v) is 1.76. The zero-order valence-corrected chi connectivity index (χ0v) is 10.4. The average molecular weight is 267 g/mol. The molecule has 94 valence electrons. The summed E-state index contributed by atoms with van der Waals surface area (Å²) in [5.74, 6) is 0. The number of aryl methyl sites for hydroxylation is 1. The summed E-state index contributed by atoms with van der Waals surface area (Å²) in [5, 5.41) is 18.0. The van der Waals surface area contributed by atoms with E-state index in [9.17, 15) is 10.1 Å². The van der Waals surface area contributed by atoms with Crippen LogP contribution < -0.4 is 5.32 Å². The first-order chi connectivity index (χ1) is 8.56. The van der Waals surface area contributed by atoms with Gasteiger partial charge in [0.15, 0.2) is 0 Å². The van der Waals surface area contributed by atoms with Crippen molar-refractivity contribution in [2.24, 2.45) is 7.05 Å². The van der Waals surface area contributed by atoms with Crippen LogP contribution in [0.1, 0.15) is 5.56 Å². The lowest BCUT2D eigenvalue weighted by Crippen LogP contribution is -1.99. The van der Waals surface area contributed by atoms with E-state index in [4.69, 9.17) is 11.6 Å². The Morgan fingerprint density at radius 2 is 2.33 bits per heavy atom. The standard InChI is InChI=1S/C11H11ClN4O2/c1-15-7-8(6-14-15)5-13-11-3-2-9(16(17)18)4-10(11)12/h2-4,6-7,13H,5H2,1H3. The zero-order valence-electron chi connectivity index (χ0n) is 9.63. The van der Waals surface area contributed by atoms with Crippen molar-refractivity contribution in [1.82, 2.24) is 9.78 Å². The number of non-ortho nitro benzene ring substituents is 1. The van der Waals surface area contributed by atoms with Gasteiger partial charge in [-0.25, -0.2) is 0 Å². The van der Waals surface area contributed by atoms with Gasteiger partial charge in [-0.1, -0.05) is 11.6 Å². The van der Waals surface area contributed by atoms with E-state index < -0.39 is 4.92 Å². The van der Waals surface area contributed by atoms with Crippen LogP contribution in [0, 0.1) is 10.1 Å². The first-order valence-electron chi connectivity index (χ1n) is 5.21. The van der Waals surface area contributed by atoms with Crippen molar-refractivity contribution in [3.63, 3.8) is 0 Å². The molecule has 0 fully saturated rings. The Kier molecular flexibility index (Phi) is 3.47. The van der Waals surface area contributed by atoms with E-state index in [2.05, 4.69) is 10.4 Å². The lowest BCUT2D eigenvalue weighted by atomic mass is 10.2. The normalized spacial score (nSPS) is 10.3. The minimum atomic E-state index is -0.475. The average Bonchev–Trinajstić information content (AvgIpc) is 2.73. The SMILES string of the molecule is Cn1cc(CNc2ccc([N+](=O)[O-])cc2Cl)cn1. The van der Waals surface area contributed by atoms with Gasteiger partial charge in [0.25, 0.3) is 5.69 Å². The van der Waals surface area contributed by atoms with Crippen molar-refractivity contribution in [3.8, 4) is 0 Å². The Hall–Kier alpha value is -2.08. The van der Waals surface area contributed by atoms with Crippen molar-refractivity contribution in [2.75, 3.05) is 5.32 Å². The number of nitro groups is 1. The third-order valence-electron chi connectivity index (χ3n) is 2.40. The van der Waals surface area contributed by atoms with Crippen LogP contribution in [0.5, 0.6) is 0 Å². The molecule has 0 radical (unpaired) electrons. The number of aromatic nitrogens is 2. The summed E-state index contributed by atoms with van der Waals surface area (Å²) in [6.45, 7) is 0.561. The Labute approximate surface area is 108 Å². The molecule has 1 aromatic heterocycles. The smallest absolute Gasteiger partial charge is 0.271 e. The number of halogens is 1. The number of hydrogen-bond donors (Lipinski definition) is 1. The van der Waals surface area contributed by atoms with E-state index >= 15 is 0 Å². The maximum atomic E-state index is 10.6. The van der Waals surface area contributed by atoms with E-state index in [0.29, 0.717) is 17.3 Å². The van der Waals surface area contributed by atoms with E-state index in [0.717, 1.165) is 5.56 Å². The molecule has 0 unspecified atom stereocenters. The molecule has 0 atom stereocenters. The maximum Gasteiger partial charge on any atom is 0.271 e. The summed E-state index contributed by atoms with van der Waals surface area (Å²) in [6, 6.07) is 4.33. The van der Waals surface area contributed by atoms with Crippen molar-refractivity contribution in [2.45, 2.75) is 6.54 Å². The predicted molar refractivity (Wildman–Crippen MR) is 68.6 cm³/mol. The number of nitro benzene ring substituents is 1. The fourth-order valence-electron chi connectivity index (χ4n) is 1.52. The highest BCUT2D eigenvalue weighted by Crippen LogP contribution is 2.26. The Bertz CT molecular complexity index is 582. The van der Waals surface area contributed by atoms with Crippen molar-refractivity contribution in [3.05, 3.63) is 51.3 Å². The third kappa shape index (κ3) is 2.78. The van der Waals surface area contributed by atoms with Crippen LogP contribution in [0.3, 0.4) is 0 Å². The van der Waals surface area contributed by atoms with Crippen LogP contribution in [0.2, 0.25) is 5.02 Å². The largest absolute Gasteiger partial charge is 0.380 e. The van der Waals surface area contributed by atoms with Gasteiger partial charge in [0.05, 0.1) is 21.8 Å². The van der Waals surface area contributed by atoms with Gasteiger partial charge in [-0.3, -0.25) is 14.8 Å². The summed E-state index contributed by atoms with van der Waals surface area (Å²) in [7, 11) is 1.84. The van der Waals surface area contributed by atoms with Gasteiger partial charge in [-0.15, -0.1) is 0 Å². The van der Waals surface area contributed by atoms with Crippen LogP contribution in [0.4, 0.5) is 11.4 Å². The molecule has 0 saturated heterocycles. The fraction of sp³-hybridized carbons (Fsp3) is 0.182. The maximum absolute atomic E-state index is 10.6. The van der Waals surface area contributed by atoms with Gasteiger partial charge in [-0.05, 0) is 6.07 Å². The highest BCUT2D eigenvalue weighted by molar-refractivity contribution is 6.33. The molecule has 1 aromatic carbocycles. The molecule has 0 bridgehead atoms. The molecule has 6 nitrogen and oxygen atoms in total. The topological polar surface area (TPSA) is 73.0 Å². The Morgan fingerprint density at radius 1 is 1.56 bits per heavy atom. The molecule has 0 aliphatic rings. The second kappa shape index (κ2) is 5.05. The van der Waals surface area contributed by atoms with Crippen molar-refractivity contribution < 1.29 is 4.92 Å². The Balaban J connectivity index is 2.08. The van der Waals surface area contributed by atoms with Crippen molar-refractivity contribution >= 4 is 23.0 Å². The third-order valence-corrected chi connectivity index (χ3v) is 2.72. The lowest BCUT2D eigenvalue weighted by Gasteiger charge is -2.06. The molecule has 7 heteroatoms. The first-order valence-corrected chi connectivity index (χ1v) is 5.59. The second-order valence-corrected chi connectivity index (χ2v) is 4.20. The molecule has 2 aromatic rings. The van der Waals surface area contributed by atoms with Crippen LogP contribution in [0.15, 0.2) is 30.6 Å². The number of nitrogens with zero attached hydrogens (tertiary/aromatic N) is 3. The quantitative estimate of drug-likeness (QED) is 0.682. The molecule has 1 heterocycles. The van der Waals surface area contributed by atoms with Gasteiger partial charge in [0.1, 0.15) is 0 Å². The van der Waals surface area contributed by atoms with E-state index in [1.165, 1.54) is 12.1 Å². The van der Waals surface area contributed by atoms with Crippen LogP contribution >= 0.6 is 11.6 Å². The van der Waals surface area contributed by atoms with Gasteiger partial charge in [-0.2, -0.15) is 5.10 Å². The van der Waals surface area contributed by atoms with Gasteiger partial charge in [0, 0.05) is 37.5 Å². The molecular formula is C11H11ClN4O2. The summed E-state index contributed by atoms with van der Waals surface area (Å²) in [6.07, 6.45) is 3.62. The summed E-state index contributed by atoms with van der Waals surface area (Å²) in [4.78, 5) is 10.1. The summed E-state index contributed by atoms with van der Waals surface area (Å²) >= 11 is 5.96. The molecule has 1 N–H and O–H groups in total. The summed E-state index contributed by atoms with van der Waals surface area (Å²) in [5.41, 5.74) is 1.64. The van der Waals surface area contributed by atoms with Crippen LogP contribution in [-0.2, 0) is 13.6 Å². The minimum Gasteiger partial charge on any atom is -0.380 e. The van der Waals surface area contributed by atoms with E-state index in [1.54, 1.807) is 16.9 Å². The predicted octanol–water partition coefficient (Wildman–Crippen LogP) is 2.59. The molecule has 0 amide bonds. The van der Waals surface area contributed by atoms with Crippen LogP contribution in [-0.4, -0.2) is 14.7 Å². The monoisotopic (exact) mass is 266 g/mol. The minimum absolute atomic E-state index is 0.0214. The number of rotatable bonds is 4. The molecule has 2 rings (SSSR count). The highest BCUT2D eigenvalue weighted by atomic mass is 35.5. The van der Waals surface area contributed by atoms with Gasteiger partial charge < -0.3 is 5.32 Å². The Morgan fingerprint density at radius 3 is 2.89 bits per heavy atom. The van der Waals surface area contributed by atoms with Gasteiger partial charge in [0.2, 0.25) is 0 Å². The first kappa shape index (κ1) is 12.4. The van der Waals surface area contributed by atoms with E-state index in [-0.39, 0.29) is 5.69 Å². The number of nitrogens with one attached hydrogen (secondary N) is 1. The molecule has 0 aliphatic carbocycles. The zero-order chi connectivity index (χ0) is 13.1. The highest BCUT2D eigenvalue weighted by Gasteiger charge is 2.09. The second-order valence-electron chi connectivity index (χ2n) is 3.80. The molecule has 0 spiro atoms. The number of benzene rings is 1. The number of hydrogen-bond acceptors (Lipinski definition) is 4. The molecule has 18 heavy (non-hydrogen) atoms. The lowest BCUT2D eigenvalue weighted by molar-refractivity contribution is -0.384. The van der Waals surface area contributed by atoms with Crippen LogP contribution in [0.25, 0.3) is 0 Å². The number of anilines is 1. The van der Waals surface area contributed by atoms with Crippen molar-refractivity contribution in [1.29, 1.82) is 0 Å². The molecule has 0 saturated carbocycles. The molecule has 0 aliphatic heterocycles. The molecular weight excluding hydrogens is 256 g/mol. The van der Waals surface area contributed by atoms with Gasteiger partial charge >= 0.3 is 0 Å². The summed E-state index contributed by atoms with van der Waals surface area (Å²) < 4.78 is 1.70. The van der Waals surface area contributed by atoms with E-state index in [1.807, 2.05) is 13.2 Å².